The van der Waals surface area contributed by atoms with Crippen LogP contribution >= 0.6 is 0 Å². The van der Waals surface area contributed by atoms with Gasteiger partial charge in [-0.1, -0.05) is 30.3 Å². The van der Waals surface area contributed by atoms with E-state index in [0.717, 1.165) is 16.5 Å². The van der Waals surface area contributed by atoms with Gasteiger partial charge in [-0.15, -0.1) is 0 Å². The smallest absolute Gasteiger partial charge is 0.326 e. The molecular weight excluding hydrogens is 482 g/mol. The number of para-hydroxylation sites is 1. The Labute approximate surface area is 211 Å². The number of aliphatic carboxylic acids is 1. The van der Waals surface area contributed by atoms with Gasteiger partial charge in [-0.25, -0.2) is 4.79 Å². The van der Waals surface area contributed by atoms with Crippen molar-refractivity contribution in [2.45, 2.75) is 31.0 Å². The molecule has 3 aromatic rings. The number of aromatic hydroxyl groups is 1. The molecule has 0 saturated carbocycles. The maximum absolute atomic E-state index is 12.5. The second kappa shape index (κ2) is 12.5. The fraction of sp³-hybridized carbons (Fsp3) is 0.280. The molecule has 1 aromatic heterocycles. The fourth-order valence-electron chi connectivity index (χ4n) is 3.71. The average molecular weight is 512 g/mol. The molecular formula is C25H29N5O7. The number of amides is 3. The van der Waals surface area contributed by atoms with Crippen LogP contribution < -0.4 is 21.7 Å². The standard InChI is InChI=1S/C25H29N5O7/c26-18(10-15-11-27-19-4-2-1-3-17(15)19)23(34)30-21(13-31)24(35)28-12-22(33)29-20(25(36)37)9-14-5-7-16(32)8-6-14/h1-8,11,18,20-21,27,31-32H,9-10,12-13,26H2,(H,28,35)(H,29,33)(H,30,34)(H,36,37). The number of phenolic OH excluding ortho intramolecular Hbond substituents is 1. The molecule has 0 saturated heterocycles. The Balaban J connectivity index is 1.49. The number of H-pyrrole nitrogens is 1. The van der Waals surface area contributed by atoms with Crippen molar-refractivity contribution in [2.24, 2.45) is 5.73 Å². The predicted octanol–water partition coefficient (Wildman–Crippen LogP) is -0.851. The number of rotatable bonds is 12. The van der Waals surface area contributed by atoms with Gasteiger partial charge < -0.3 is 42.0 Å². The highest BCUT2D eigenvalue weighted by atomic mass is 16.4. The molecule has 12 heteroatoms. The van der Waals surface area contributed by atoms with Gasteiger partial charge in [0.1, 0.15) is 17.8 Å². The maximum atomic E-state index is 12.5. The van der Waals surface area contributed by atoms with E-state index in [2.05, 4.69) is 20.9 Å². The Hall–Kier alpha value is -4.42. The summed E-state index contributed by atoms with van der Waals surface area (Å²) in [6.45, 7) is -1.32. The molecule has 3 unspecified atom stereocenters. The van der Waals surface area contributed by atoms with E-state index in [1.165, 1.54) is 24.3 Å². The number of carbonyl (C=O) groups is 4. The average Bonchev–Trinajstić information content (AvgIpc) is 3.29. The number of hydrogen-bond acceptors (Lipinski definition) is 7. The minimum Gasteiger partial charge on any atom is -0.508 e. The number of aromatic nitrogens is 1. The lowest BCUT2D eigenvalue weighted by molar-refractivity contribution is -0.141. The van der Waals surface area contributed by atoms with Crippen LogP contribution in [0.1, 0.15) is 11.1 Å². The third kappa shape index (κ3) is 7.53. The van der Waals surface area contributed by atoms with E-state index in [-0.39, 0.29) is 18.6 Å². The number of aliphatic hydroxyl groups is 1. The zero-order valence-electron chi connectivity index (χ0n) is 19.8. The molecule has 12 nitrogen and oxygen atoms in total. The lowest BCUT2D eigenvalue weighted by atomic mass is 10.0. The van der Waals surface area contributed by atoms with E-state index in [1.54, 1.807) is 6.20 Å². The number of nitrogens with two attached hydrogens (primary N) is 1. The van der Waals surface area contributed by atoms with Gasteiger partial charge in [-0.2, -0.15) is 0 Å². The molecule has 0 bridgehead atoms. The monoisotopic (exact) mass is 511 g/mol. The molecule has 0 fully saturated rings. The van der Waals surface area contributed by atoms with Crippen LogP contribution in [0.4, 0.5) is 0 Å². The number of benzene rings is 2. The minimum atomic E-state index is -1.36. The number of carbonyl (C=O) groups excluding carboxylic acids is 3. The number of fused-ring (bicyclic) bond motifs is 1. The number of nitrogens with one attached hydrogen (secondary N) is 4. The molecule has 0 radical (unpaired) electrons. The summed E-state index contributed by atoms with van der Waals surface area (Å²) in [6.07, 6.45) is 1.90. The molecule has 37 heavy (non-hydrogen) atoms. The van der Waals surface area contributed by atoms with Crippen molar-refractivity contribution in [1.82, 2.24) is 20.9 Å². The number of hydrogen-bond donors (Lipinski definition) is 8. The van der Waals surface area contributed by atoms with Crippen LogP contribution in [0.2, 0.25) is 0 Å². The normalized spacial score (nSPS) is 13.4. The second-order valence-electron chi connectivity index (χ2n) is 8.46. The van der Waals surface area contributed by atoms with Gasteiger partial charge in [0.05, 0.1) is 19.2 Å². The first-order valence-corrected chi connectivity index (χ1v) is 11.5. The van der Waals surface area contributed by atoms with E-state index in [1.807, 2.05) is 24.3 Å². The largest absolute Gasteiger partial charge is 0.508 e. The summed E-state index contributed by atoms with van der Waals surface area (Å²) in [5.74, 6) is -3.54. The number of carboxylic acids is 1. The molecule has 2 aromatic carbocycles. The van der Waals surface area contributed by atoms with Gasteiger partial charge in [0.2, 0.25) is 17.7 Å². The summed E-state index contributed by atoms with van der Waals surface area (Å²) < 4.78 is 0. The van der Waals surface area contributed by atoms with E-state index < -0.39 is 55.0 Å². The summed E-state index contributed by atoms with van der Waals surface area (Å²) in [5, 5.41) is 36.2. The van der Waals surface area contributed by atoms with Gasteiger partial charge in [-0.3, -0.25) is 14.4 Å². The molecule has 196 valence electrons. The summed E-state index contributed by atoms with van der Waals surface area (Å²) in [5.41, 5.74) is 8.29. The Kier molecular flexibility index (Phi) is 9.19. The molecule has 0 spiro atoms. The highest BCUT2D eigenvalue weighted by Gasteiger charge is 2.25. The molecule has 9 N–H and O–H groups in total. The molecule has 3 rings (SSSR count). The minimum absolute atomic E-state index is 0.0202. The zero-order valence-corrected chi connectivity index (χ0v) is 19.8. The summed E-state index contributed by atoms with van der Waals surface area (Å²) in [7, 11) is 0. The molecule has 1 heterocycles. The Morgan fingerprint density at radius 1 is 0.919 bits per heavy atom. The lowest BCUT2D eigenvalue weighted by Gasteiger charge is -2.19. The Morgan fingerprint density at radius 2 is 1.62 bits per heavy atom. The highest BCUT2D eigenvalue weighted by Crippen LogP contribution is 2.18. The second-order valence-corrected chi connectivity index (χ2v) is 8.46. The van der Waals surface area contributed by atoms with Crippen LogP contribution in [0.15, 0.2) is 54.7 Å². The van der Waals surface area contributed by atoms with E-state index in [4.69, 9.17) is 5.73 Å². The third-order valence-corrected chi connectivity index (χ3v) is 5.70. The van der Waals surface area contributed by atoms with E-state index in [0.29, 0.717) is 5.56 Å². The van der Waals surface area contributed by atoms with Gasteiger partial charge in [0.15, 0.2) is 0 Å². The summed E-state index contributed by atoms with van der Waals surface area (Å²) >= 11 is 0. The van der Waals surface area contributed by atoms with Crippen molar-refractivity contribution in [3.8, 4) is 5.75 Å². The Morgan fingerprint density at radius 3 is 2.30 bits per heavy atom. The van der Waals surface area contributed by atoms with Crippen molar-refractivity contribution in [3.63, 3.8) is 0 Å². The summed E-state index contributed by atoms with van der Waals surface area (Å²) in [4.78, 5) is 51.8. The van der Waals surface area contributed by atoms with Crippen molar-refractivity contribution in [2.75, 3.05) is 13.2 Å². The zero-order chi connectivity index (χ0) is 26.9. The lowest BCUT2D eigenvalue weighted by Crippen LogP contribution is -2.55. The topological polar surface area (TPSA) is 207 Å². The van der Waals surface area contributed by atoms with Gasteiger partial charge in [-0.05, 0) is 35.7 Å². The molecule has 0 aliphatic rings. The van der Waals surface area contributed by atoms with E-state index >= 15 is 0 Å². The molecule has 0 aliphatic heterocycles. The van der Waals surface area contributed by atoms with Crippen molar-refractivity contribution in [1.29, 1.82) is 0 Å². The van der Waals surface area contributed by atoms with Crippen molar-refractivity contribution >= 4 is 34.6 Å². The first-order chi connectivity index (χ1) is 17.7. The van der Waals surface area contributed by atoms with Crippen LogP contribution in [0, 0.1) is 0 Å². The SMILES string of the molecule is NC(Cc1c[nH]c2ccccc12)C(=O)NC(CO)C(=O)NCC(=O)NC(Cc1ccc(O)cc1)C(=O)O. The van der Waals surface area contributed by atoms with E-state index in [9.17, 15) is 34.5 Å². The van der Waals surface area contributed by atoms with Gasteiger partial charge in [0, 0.05) is 23.5 Å². The first kappa shape index (κ1) is 27.2. The third-order valence-electron chi connectivity index (χ3n) is 5.70. The maximum Gasteiger partial charge on any atom is 0.326 e. The quantitative estimate of drug-likeness (QED) is 0.153. The molecule has 0 aliphatic carbocycles. The number of carboxylic acid groups (broad SMARTS) is 1. The number of phenols is 1. The Bertz CT molecular complexity index is 1260. The van der Waals surface area contributed by atoms with Crippen LogP contribution in [0.5, 0.6) is 5.75 Å². The highest BCUT2D eigenvalue weighted by molar-refractivity contribution is 5.93. The van der Waals surface area contributed by atoms with Crippen molar-refractivity contribution < 1.29 is 34.5 Å². The molecule has 3 amide bonds. The van der Waals surface area contributed by atoms with Crippen LogP contribution in [0.25, 0.3) is 10.9 Å². The number of aliphatic hydroxyl groups excluding tert-OH is 1. The van der Waals surface area contributed by atoms with Crippen LogP contribution in [-0.4, -0.2) is 75.3 Å². The van der Waals surface area contributed by atoms with Crippen LogP contribution in [-0.2, 0) is 32.0 Å². The van der Waals surface area contributed by atoms with Crippen LogP contribution in [0.3, 0.4) is 0 Å². The fourth-order valence-corrected chi connectivity index (χ4v) is 3.71. The predicted molar refractivity (Wildman–Crippen MR) is 133 cm³/mol. The number of aromatic amines is 1. The summed E-state index contributed by atoms with van der Waals surface area (Å²) in [6, 6.07) is 9.72. The van der Waals surface area contributed by atoms with Gasteiger partial charge in [0.25, 0.3) is 0 Å². The van der Waals surface area contributed by atoms with Gasteiger partial charge >= 0.3 is 5.97 Å². The first-order valence-electron chi connectivity index (χ1n) is 11.5. The molecule has 3 atom stereocenters. The van der Waals surface area contributed by atoms with Crippen molar-refractivity contribution in [3.05, 3.63) is 65.9 Å².